The topological polar surface area (TPSA) is 23.3 Å². The highest BCUT2D eigenvalue weighted by Gasteiger charge is 2.55. The van der Waals surface area contributed by atoms with E-state index in [1.54, 1.807) is 0 Å². The van der Waals surface area contributed by atoms with Gasteiger partial charge in [0.2, 0.25) is 0 Å². The van der Waals surface area contributed by atoms with Crippen molar-refractivity contribution < 1.29 is 4.79 Å². The Kier molecular flexibility index (Phi) is 2.86. The molecule has 0 atom stereocenters. The van der Waals surface area contributed by atoms with Crippen molar-refractivity contribution in [1.29, 1.82) is 0 Å². The number of piperidine rings is 1. The summed E-state index contributed by atoms with van der Waals surface area (Å²) in [7, 11) is 0. The van der Waals surface area contributed by atoms with Crippen molar-refractivity contribution in [2.24, 2.45) is 0 Å². The second-order valence-electron chi connectivity index (χ2n) is 5.42. The third kappa shape index (κ3) is 1.93. The van der Waals surface area contributed by atoms with E-state index in [1.807, 2.05) is 30.3 Å². The summed E-state index contributed by atoms with van der Waals surface area (Å²) in [4.78, 5) is 16.9. The maximum Gasteiger partial charge on any atom is 0.254 e. The third-order valence-electron chi connectivity index (χ3n) is 4.42. The Morgan fingerprint density at radius 3 is 2.50 bits per heavy atom. The van der Waals surface area contributed by atoms with E-state index in [9.17, 15) is 4.79 Å². The smallest absolute Gasteiger partial charge is 0.254 e. The molecule has 0 unspecified atom stereocenters. The van der Waals surface area contributed by atoms with Crippen molar-refractivity contribution >= 4 is 5.91 Å². The zero-order chi connectivity index (χ0) is 12.6. The molecule has 0 radical (unpaired) electrons. The number of hydrogen-bond donors (Lipinski definition) is 0. The minimum absolute atomic E-state index is 0.193. The number of carbonyl (C=O) groups excluding carboxylic acids is 1. The van der Waals surface area contributed by atoms with Gasteiger partial charge in [-0.2, -0.15) is 0 Å². The van der Waals surface area contributed by atoms with Crippen molar-refractivity contribution in [1.82, 2.24) is 9.80 Å². The van der Waals surface area contributed by atoms with Gasteiger partial charge >= 0.3 is 0 Å². The van der Waals surface area contributed by atoms with E-state index in [4.69, 9.17) is 0 Å². The summed E-state index contributed by atoms with van der Waals surface area (Å²) in [6.45, 7) is 6.56. The fourth-order valence-electron chi connectivity index (χ4n) is 3.00. The van der Waals surface area contributed by atoms with Crippen LogP contribution in [0.3, 0.4) is 0 Å². The summed E-state index contributed by atoms with van der Waals surface area (Å²) in [5.41, 5.74) is 1.02. The molecule has 2 aliphatic rings. The van der Waals surface area contributed by atoms with Crippen LogP contribution < -0.4 is 0 Å². The van der Waals surface area contributed by atoms with E-state index in [0.717, 1.165) is 44.6 Å². The normalized spacial score (nSPS) is 22.2. The number of likely N-dealkylation sites (tertiary alicyclic amines) is 1. The first-order valence-corrected chi connectivity index (χ1v) is 6.84. The fraction of sp³-hybridized carbons (Fsp3) is 0.533. The summed E-state index contributed by atoms with van der Waals surface area (Å²) in [5, 5.41) is 0. The lowest BCUT2D eigenvalue weighted by Gasteiger charge is -2.31. The second-order valence-corrected chi connectivity index (χ2v) is 5.42. The Morgan fingerprint density at radius 2 is 1.89 bits per heavy atom. The van der Waals surface area contributed by atoms with Gasteiger partial charge < -0.3 is 9.80 Å². The molecule has 2 fully saturated rings. The van der Waals surface area contributed by atoms with Crippen LogP contribution >= 0.6 is 0 Å². The summed E-state index contributed by atoms with van der Waals surface area (Å²) in [6, 6.07) is 9.64. The zero-order valence-electron chi connectivity index (χ0n) is 10.9. The molecule has 2 heterocycles. The summed E-state index contributed by atoms with van der Waals surface area (Å²) in [5.74, 6) is 0.209. The molecule has 18 heavy (non-hydrogen) atoms. The summed E-state index contributed by atoms with van der Waals surface area (Å²) in [6.07, 6.45) is 2.28. The van der Waals surface area contributed by atoms with E-state index in [2.05, 4.69) is 16.7 Å². The molecule has 0 aliphatic carbocycles. The van der Waals surface area contributed by atoms with E-state index in [1.165, 1.54) is 0 Å². The summed E-state index contributed by atoms with van der Waals surface area (Å²) >= 11 is 0. The predicted octanol–water partition coefficient (Wildman–Crippen LogP) is 2.00. The Hall–Kier alpha value is -1.35. The molecular formula is C15H20N2O. The van der Waals surface area contributed by atoms with E-state index in [-0.39, 0.29) is 11.4 Å². The van der Waals surface area contributed by atoms with Gasteiger partial charge in [-0.25, -0.2) is 0 Å². The maximum absolute atomic E-state index is 12.3. The van der Waals surface area contributed by atoms with Crippen LogP contribution in [0, 0.1) is 0 Å². The molecule has 3 heteroatoms. The average molecular weight is 244 g/mol. The first-order chi connectivity index (χ1) is 8.75. The van der Waals surface area contributed by atoms with Gasteiger partial charge in [0.05, 0.1) is 5.54 Å². The molecule has 2 aliphatic heterocycles. The van der Waals surface area contributed by atoms with Gasteiger partial charge in [0.15, 0.2) is 0 Å². The third-order valence-corrected chi connectivity index (χ3v) is 4.42. The molecule has 1 aromatic carbocycles. The molecule has 96 valence electrons. The predicted molar refractivity (Wildman–Crippen MR) is 71.6 cm³/mol. The van der Waals surface area contributed by atoms with Crippen molar-refractivity contribution in [3.8, 4) is 0 Å². The van der Waals surface area contributed by atoms with Crippen LogP contribution in [0.2, 0.25) is 0 Å². The molecule has 0 aromatic heterocycles. The van der Waals surface area contributed by atoms with Gasteiger partial charge in [0.25, 0.3) is 5.91 Å². The maximum atomic E-state index is 12.3. The lowest BCUT2D eigenvalue weighted by molar-refractivity contribution is 0.0821. The monoisotopic (exact) mass is 244 g/mol. The first-order valence-electron chi connectivity index (χ1n) is 6.84. The Balaban J connectivity index is 1.66. The highest BCUT2D eigenvalue weighted by Crippen LogP contribution is 2.42. The quantitative estimate of drug-likeness (QED) is 0.743. The molecular weight excluding hydrogens is 224 g/mol. The number of carbonyl (C=O) groups is 1. The van der Waals surface area contributed by atoms with E-state index >= 15 is 0 Å². The molecule has 2 saturated heterocycles. The van der Waals surface area contributed by atoms with Crippen molar-refractivity contribution in [2.75, 3.05) is 26.2 Å². The first kappa shape index (κ1) is 11.7. The minimum Gasteiger partial charge on any atom is -0.329 e. The molecule has 0 N–H and O–H groups in total. The van der Waals surface area contributed by atoms with Crippen molar-refractivity contribution in [3.63, 3.8) is 0 Å². The van der Waals surface area contributed by atoms with E-state index < -0.39 is 0 Å². The van der Waals surface area contributed by atoms with Gasteiger partial charge in [0, 0.05) is 25.2 Å². The largest absolute Gasteiger partial charge is 0.329 e. The molecule has 0 bridgehead atoms. The standard InChI is InChI=1S/C15H20N2O/c1-2-16-10-8-15(9-11-16)12-17(15)14(18)13-6-4-3-5-7-13/h3-7H,2,8-12H2,1H3. The van der Waals surface area contributed by atoms with Crippen LogP contribution in [0.4, 0.5) is 0 Å². The van der Waals surface area contributed by atoms with Crippen LogP contribution in [0.5, 0.6) is 0 Å². The van der Waals surface area contributed by atoms with Gasteiger partial charge in [-0.3, -0.25) is 4.79 Å². The second kappa shape index (κ2) is 4.39. The number of nitrogens with zero attached hydrogens (tertiary/aromatic N) is 2. The molecule has 0 saturated carbocycles. The zero-order valence-corrected chi connectivity index (χ0v) is 10.9. The molecule has 1 amide bonds. The van der Waals surface area contributed by atoms with Crippen LogP contribution in [0.15, 0.2) is 30.3 Å². The number of benzene rings is 1. The van der Waals surface area contributed by atoms with Crippen LogP contribution in [-0.2, 0) is 0 Å². The average Bonchev–Trinajstić information content (AvgIpc) is 3.14. The lowest BCUT2D eigenvalue weighted by atomic mass is 9.96. The van der Waals surface area contributed by atoms with Gasteiger partial charge in [-0.1, -0.05) is 25.1 Å². The lowest BCUT2D eigenvalue weighted by Crippen LogP contribution is -2.40. The van der Waals surface area contributed by atoms with Crippen LogP contribution in [-0.4, -0.2) is 47.4 Å². The Morgan fingerprint density at radius 1 is 1.22 bits per heavy atom. The summed E-state index contributed by atoms with van der Waals surface area (Å²) < 4.78 is 0. The minimum atomic E-state index is 0.193. The van der Waals surface area contributed by atoms with Gasteiger partial charge in [0.1, 0.15) is 0 Å². The Bertz CT molecular complexity index is 435. The van der Waals surface area contributed by atoms with Crippen LogP contribution in [0.1, 0.15) is 30.1 Å². The molecule has 3 rings (SSSR count). The number of rotatable bonds is 2. The van der Waals surface area contributed by atoms with Gasteiger partial charge in [-0.05, 0) is 31.5 Å². The van der Waals surface area contributed by atoms with Gasteiger partial charge in [-0.15, -0.1) is 0 Å². The Labute approximate surface area is 108 Å². The molecule has 1 aromatic rings. The number of amides is 1. The highest BCUT2D eigenvalue weighted by molar-refractivity contribution is 5.96. The number of hydrogen-bond acceptors (Lipinski definition) is 2. The van der Waals surface area contributed by atoms with Crippen LogP contribution in [0.25, 0.3) is 0 Å². The van der Waals surface area contributed by atoms with Crippen molar-refractivity contribution in [2.45, 2.75) is 25.3 Å². The molecule has 3 nitrogen and oxygen atoms in total. The SMILES string of the molecule is CCN1CCC2(CC1)CN2C(=O)c1ccccc1. The fourth-order valence-corrected chi connectivity index (χ4v) is 3.00. The highest BCUT2D eigenvalue weighted by atomic mass is 16.2. The van der Waals surface area contributed by atoms with Crippen molar-refractivity contribution in [3.05, 3.63) is 35.9 Å². The van der Waals surface area contributed by atoms with E-state index in [0.29, 0.717) is 0 Å². The molecule has 1 spiro atoms.